The molecule has 1 atom stereocenters. The number of halogens is 4. The number of rotatable bonds is 6. The summed E-state index contributed by atoms with van der Waals surface area (Å²) in [6, 6.07) is 8.53. The lowest BCUT2D eigenvalue weighted by Crippen LogP contribution is -2.53. The lowest BCUT2D eigenvalue weighted by atomic mass is 9.65. The van der Waals surface area contributed by atoms with Crippen LogP contribution < -0.4 is 0 Å². The fraction of sp³-hybridized carbons (Fsp3) is 0.286. The molecule has 0 unspecified atom stereocenters. The van der Waals surface area contributed by atoms with Crippen LogP contribution in [0.15, 0.2) is 71.7 Å². The topological polar surface area (TPSA) is 103 Å². The van der Waals surface area contributed by atoms with Crippen LogP contribution in [0.2, 0.25) is 0 Å². The number of aromatic nitrogens is 5. The van der Waals surface area contributed by atoms with Crippen LogP contribution in [-0.2, 0) is 29.2 Å². The van der Waals surface area contributed by atoms with Crippen LogP contribution in [0, 0.1) is 11.2 Å². The molecule has 1 aliphatic heterocycles. The first-order chi connectivity index (χ1) is 19.9. The van der Waals surface area contributed by atoms with Crippen molar-refractivity contribution in [3.05, 3.63) is 95.0 Å². The van der Waals surface area contributed by atoms with Gasteiger partial charge in [0.15, 0.2) is 10.8 Å². The summed E-state index contributed by atoms with van der Waals surface area (Å²) in [6.07, 6.45) is 0.972. The molecule has 0 spiro atoms. The highest BCUT2D eigenvalue weighted by atomic mass is 32.2. The molecule has 3 aromatic heterocycles. The van der Waals surface area contributed by atoms with Crippen molar-refractivity contribution in [3.8, 4) is 5.69 Å². The third-order valence-corrected chi connectivity index (χ3v) is 9.65. The quantitative estimate of drug-likeness (QED) is 0.238. The minimum atomic E-state index is -4.70. The Bertz CT molecular complexity index is 1830. The van der Waals surface area contributed by atoms with E-state index in [0.717, 1.165) is 12.3 Å². The van der Waals surface area contributed by atoms with Crippen molar-refractivity contribution in [2.24, 2.45) is 5.41 Å². The standard InChI is InChI=1S/C28H24F4N6O3S/c1-2-37-25(8-11-34-37)42(40,41)36-12-9-19-14-24-18(16-35-38(24)22-5-3-21(29)4-6-22)15-27(19,17-36)26(39)23-13-20(7-10-33-23)28(30,31)32/h3-8,10-11,13-14,16H,2,9,12,15,17H2,1H3/t27-/m0/s1. The van der Waals surface area contributed by atoms with Gasteiger partial charge in [0, 0.05) is 25.8 Å². The first-order valence-corrected chi connectivity index (χ1v) is 14.5. The molecule has 2 aliphatic rings. The number of hydrogen-bond donors (Lipinski definition) is 0. The molecule has 9 nitrogen and oxygen atoms in total. The van der Waals surface area contributed by atoms with Gasteiger partial charge in [0.1, 0.15) is 11.5 Å². The van der Waals surface area contributed by atoms with Crippen molar-refractivity contribution >= 4 is 21.9 Å². The average molecular weight is 601 g/mol. The zero-order valence-corrected chi connectivity index (χ0v) is 23.0. The maximum atomic E-state index is 14.3. The SMILES string of the molecule is CCn1nccc1S(=O)(=O)N1CCC2=Cc3c(cnn3-c3ccc(F)cc3)C[C@]2(C(=O)c2cc(C(F)(F)F)ccn2)C1. The number of carbonyl (C=O) groups is 1. The van der Waals surface area contributed by atoms with Crippen LogP contribution >= 0.6 is 0 Å². The highest BCUT2D eigenvalue weighted by molar-refractivity contribution is 7.89. The highest BCUT2D eigenvalue weighted by Gasteiger charge is 2.52. The maximum Gasteiger partial charge on any atom is 0.416 e. The zero-order chi connectivity index (χ0) is 29.9. The van der Waals surface area contributed by atoms with Crippen molar-refractivity contribution < 1.29 is 30.8 Å². The van der Waals surface area contributed by atoms with E-state index in [4.69, 9.17) is 0 Å². The number of sulfonamides is 1. The molecule has 4 heterocycles. The van der Waals surface area contributed by atoms with Gasteiger partial charge in [0.2, 0.25) is 0 Å². The van der Waals surface area contributed by atoms with Gasteiger partial charge in [0.25, 0.3) is 10.0 Å². The number of alkyl halides is 3. The Kier molecular flexibility index (Phi) is 6.65. The Labute approximate surface area is 238 Å². The molecule has 1 aliphatic carbocycles. The number of fused-ring (bicyclic) bond motifs is 2. The summed E-state index contributed by atoms with van der Waals surface area (Å²) >= 11 is 0. The van der Waals surface area contributed by atoms with Gasteiger partial charge in [-0.05, 0) is 73.9 Å². The smallest absolute Gasteiger partial charge is 0.291 e. The van der Waals surface area contributed by atoms with Gasteiger partial charge in [-0.1, -0.05) is 5.57 Å². The summed E-state index contributed by atoms with van der Waals surface area (Å²) < 4.78 is 85.9. The first kappa shape index (κ1) is 28.0. The van der Waals surface area contributed by atoms with Crippen molar-refractivity contribution in [3.63, 3.8) is 0 Å². The molecule has 4 aromatic rings. The number of aryl methyl sites for hydroxylation is 1. The van der Waals surface area contributed by atoms with Gasteiger partial charge in [-0.25, -0.2) is 17.5 Å². The molecule has 0 N–H and O–H groups in total. The largest absolute Gasteiger partial charge is 0.416 e. The summed E-state index contributed by atoms with van der Waals surface area (Å²) in [6.45, 7) is 1.77. The summed E-state index contributed by atoms with van der Waals surface area (Å²) in [4.78, 5) is 18.2. The molecule has 1 aromatic carbocycles. The van der Waals surface area contributed by atoms with E-state index in [-0.39, 0.29) is 31.0 Å². The van der Waals surface area contributed by atoms with Crippen molar-refractivity contribution in [1.29, 1.82) is 0 Å². The first-order valence-electron chi connectivity index (χ1n) is 13.1. The van der Waals surface area contributed by atoms with E-state index in [2.05, 4.69) is 15.2 Å². The van der Waals surface area contributed by atoms with Gasteiger partial charge in [-0.15, -0.1) is 0 Å². The summed E-state index contributed by atoms with van der Waals surface area (Å²) in [7, 11) is -4.12. The van der Waals surface area contributed by atoms with E-state index in [1.165, 1.54) is 39.6 Å². The van der Waals surface area contributed by atoms with Crippen LogP contribution in [0.1, 0.15) is 40.7 Å². The molecule has 218 valence electrons. The van der Waals surface area contributed by atoms with Crippen LogP contribution in [-0.4, -0.2) is 56.1 Å². The van der Waals surface area contributed by atoms with E-state index >= 15 is 0 Å². The molecule has 0 amide bonds. The molecule has 0 bridgehead atoms. The van der Waals surface area contributed by atoms with E-state index in [1.807, 2.05) is 0 Å². The van der Waals surface area contributed by atoms with Gasteiger partial charge in [-0.3, -0.25) is 14.5 Å². The highest BCUT2D eigenvalue weighted by Crippen LogP contribution is 2.47. The van der Waals surface area contributed by atoms with Crippen LogP contribution in [0.25, 0.3) is 11.8 Å². The molecule has 6 rings (SSSR count). The van der Waals surface area contributed by atoms with Crippen LogP contribution in [0.5, 0.6) is 0 Å². The number of nitrogens with zero attached hydrogens (tertiary/aromatic N) is 6. The number of pyridine rings is 1. The minimum absolute atomic E-state index is 0.0226. The third kappa shape index (κ3) is 4.54. The monoisotopic (exact) mass is 600 g/mol. The van der Waals surface area contributed by atoms with Crippen molar-refractivity contribution in [1.82, 2.24) is 28.9 Å². The van der Waals surface area contributed by atoms with Crippen LogP contribution in [0.4, 0.5) is 17.6 Å². The van der Waals surface area contributed by atoms with Crippen molar-refractivity contribution in [2.45, 2.75) is 37.5 Å². The fourth-order valence-electron chi connectivity index (χ4n) is 5.69. The van der Waals surface area contributed by atoms with Gasteiger partial charge in [-0.2, -0.15) is 27.7 Å². The number of hydrogen-bond acceptors (Lipinski definition) is 6. The van der Waals surface area contributed by atoms with Gasteiger partial charge < -0.3 is 0 Å². The molecule has 14 heteroatoms. The minimum Gasteiger partial charge on any atom is -0.291 e. The van der Waals surface area contributed by atoms with E-state index < -0.39 is 44.5 Å². The summed E-state index contributed by atoms with van der Waals surface area (Å²) in [5, 5.41) is 8.44. The number of piperidine rings is 1. The second-order valence-corrected chi connectivity index (χ2v) is 12.1. The molecule has 0 saturated carbocycles. The molecule has 0 radical (unpaired) electrons. The Morgan fingerprint density at radius 1 is 1.07 bits per heavy atom. The number of ketones is 1. The second-order valence-electron chi connectivity index (χ2n) is 10.2. The average Bonchev–Trinajstić information content (AvgIpc) is 3.62. The molecule has 1 fully saturated rings. The molecule has 1 saturated heterocycles. The number of Topliss-reactive ketones (excluding diaryl/α,β-unsaturated/α-hetero) is 1. The Hall–Kier alpha value is -4.17. The normalized spacial score (nSPS) is 19.2. The molecular formula is C28H24F4N6O3S. The molecular weight excluding hydrogens is 576 g/mol. The Morgan fingerprint density at radius 2 is 1.83 bits per heavy atom. The zero-order valence-electron chi connectivity index (χ0n) is 22.2. The lowest BCUT2D eigenvalue weighted by molar-refractivity contribution is -0.137. The summed E-state index contributed by atoms with van der Waals surface area (Å²) in [5.74, 6) is -1.14. The van der Waals surface area contributed by atoms with Gasteiger partial charge >= 0.3 is 6.18 Å². The Morgan fingerprint density at radius 3 is 2.55 bits per heavy atom. The lowest BCUT2D eigenvalue weighted by Gasteiger charge is -2.44. The fourth-order valence-corrected chi connectivity index (χ4v) is 7.36. The predicted molar refractivity (Wildman–Crippen MR) is 142 cm³/mol. The second kappa shape index (κ2) is 9.98. The third-order valence-electron chi connectivity index (χ3n) is 7.79. The predicted octanol–water partition coefficient (Wildman–Crippen LogP) is 4.55. The number of carbonyl (C=O) groups excluding carboxylic acids is 1. The van der Waals surface area contributed by atoms with Crippen LogP contribution in [0.3, 0.4) is 0 Å². The summed E-state index contributed by atoms with van der Waals surface area (Å²) in [5.41, 5.74) is -0.653. The Balaban J connectivity index is 1.47. The van der Waals surface area contributed by atoms with E-state index in [1.54, 1.807) is 29.8 Å². The van der Waals surface area contributed by atoms with Gasteiger partial charge in [0.05, 0.1) is 34.8 Å². The van der Waals surface area contributed by atoms with E-state index in [9.17, 15) is 30.8 Å². The number of benzene rings is 1. The van der Waals surface area contributed by atoms with Crippen molar-refractivity contribution in [2.75, 3.05) is 13.1 Å². The molecule has 42 heavy (non-hydrogen) atoms. The van der Waals surface area contributed by atoms with E-state index in [0.29, 0.717) is 35.1 Å². The maximum absolute atomic E-state index is 14.3.